The molecule has 20 heavy (non-hydrogen) atoms. The Labute approximate surface area is 120 Å². The Bertz CT molecular complexity index is 582. The van der Waals surface area contributed by atoms with E-state index in [-0.39, 0.29) is 5.92 Å². The minimum Gasteiger partial charge on any atom is -0.439 e. The molecule has 0 aliphatic heterocycles. The van der Waals surface area contributed by atoms with Gasteiger partial charge in [0.15, 0.2) is 0 Å². The fraction of sp³-hybridized carbons (Fsp3) is 0.375. The first-order valence-electron chi connectivity index (χ1n) is 6.86. The number of nitrogens with one attached hydrogen (secondary N) is 1. The molecule has 4 nitrogen and oxygen atoms in total. The molecule has 1 aromatic carbocycles. The standard InChI is InChI=1S/C16H21N3O/c1-11(2)16-18-12(3)9-15(19-16)20-14-8-6-5-7-13(14)10-17-4/h5-9,11,17H,10H2,1-4H3. The van der Waals surface area contributed by atoms with Crippen molar-refractivity contribution in [2.24, 2.45) is 0 Å². The van der Waals surface area contributed by atoms with Gasteiger partial charge in [0.05, 0.1) is 0 Å². The first-order valence-corrected chi connectivity index (χ1v) is 6.86. The van der Waals surface area contributed by atoms with Gasteiger partial charge >= 0.3 is 0 Å². The van der Waals surface area contributed by atoms with E-state index in [2.05, 4.69) is 29.1 Å². The molecule has 0 unspecified atom stereocenters. The molecule has 0 spiro atoms. The molecule has 106 valence electrons. The number of rotatable bonds is 5. The van der Waals surface area contributed by atoms with Gasteiger partial charge in [-0.1, -0.05) is 32.0 Å². The third-order valence-electron chi connectivity index (χ3n) is 2.92. The summed E-state index contributed by atoms with van der Waals surface area (Å²) in [6, 6.07) is 9.83. The van der Waals surface area contributed by atoms with Gasteiger partial charge in [0.25, 0.3) is 0 Å². The van der Waals surface area contributed by atoms with Crippen LogP contribution in [0.2, 0.25) is 0 Å². The van der Waals surface area contributed by atoms with Crippen molar-refractivity contribution < 1.29 is 4.74 Å². The zero-order valence-electron chi connectivity index (χ0n) is 12.5. The molecule has 1 N–H and O–H groups in total. The molecule has 0 saturated heterocycles. The fourth-order valence-corrected chi connectivity index (χ4v) is 1.92. The second-order valence-electron chi connectivity index (χ2n) is 5.10. The van der Waals surface area contributed by atoms with Gasteiger partial charge in [0, 0.05) is 29.8 Å². The number of aryl methyl sites for hydroxylation is 1. The van der Waals surface area contributed by atoms with Crippen LogP contribution in [0.1, 0.15) is 36.8 Å². The van der Waals surface area contributed by atoms with E-state index < -0.39 is 0 Å². The predicted octanol–water partition coefficient (Wildman–Crippen LogP) is 3.42. The number of hydrogen-bond acceptors (Lipinski definition) is 4. The molecule has 0 aliphatic rings. The van der Waals surface area contributed by atoms with E-state index >= 15 is 0 Å². The molecule has 0 bridgehead atoms. The number of ether oxygens (including phenoxy) is 1. The minimum atomic E-state index is 0.282. The molecule has 4 heteroatoms. The minimum absolute atomic E-state index is 0.282. The van der Waals surface area contributed by atoms with Gasteiger partial charge < -0.3 is 10.1 Å². The molecule has 0 amide bonds. The lowest BCUT2D eigenvalue weighted by atomic mass is 10.2. The Hall–Kier alpha value is -1.94. The summed E-state index contributed by atoms with van der Waals surface area (Å²) in [5.74, 6) is 2.52. The van der Waals surface area contributed by atoms with Crippen LogP contribution < -0.4 is 10.1 Å². The van der Waals surface area contributed by atoms with Crippen molar-refractivity contribution in [3.63, 3.8) is 0 Å². The lowest BCUT2D eigenvalue weighted by Crippen LogP contribution is -2.07. The lowest BCUT2D eigenvalue weighted by Gasteiger charge is -2.12. The topological polar surface area (TPSA) is 47.0 Å². The molecular formula is C16H21N3O. The number of para-hydroxylation sites is 1. The van der Waals surface area contributed by atoms with Gasteiger partial charge in [-0.25, -0.2) is 4.98 Å². The van der Waals surface area contributed by atoms with E-state index in [0.29, 0.717) is 5.88 Å². The molecule has 1 heterocycles. The molecule has 1 aromatic heterocycles. The first-order chi connectivity index (χ1) is 9.60. The normalized spacial score (nSPS) is 10.8. The zero-order valence-corrected chi connectivity index (χ0v) is 12.5. The Balaban J connectivity index is 2.30. The van der Waals surface area contributed by atoms with Crippen LogP contribution in [0.5, 0.6) is 11.6 Å². The van der Waals surface area contributed by atoms with Crippen LogP contribution in [-0.2, 0) is 6.54 Å². The van der Waals surface area contributed by atoms with Crippen molar-refractivity contribution in [1.82, 2.24) is 15.3 Å². The van der Waals surface area contributed by atoms with Crippen LogP contribution >= 0.6 is 0 Å². The summed E-state index contributed by atoms with van der Waals surface area (Å²) < 4.78 is 5.94. The molecule has 0 aliphatic carbocycles. The van der Waals surface area contributed by atoms with Gasteiger partial charge in [0.2, 0.25) is 5.88 Å². The Kier molecular flexibility index (Phi) is 4.69. The van der Waals surface area contributed by atoms with Crippen LogP contribution in [-0.4, -0.2) is 17.0 Å². The monoisotopic (exact) mass is 271 g/mol. The number of nitrogens with zero attached hydrogens (tertiary/aromatic N) is 2. The van der Waals surface area contributed by atoms with Gasteiger partial charge in [0.1, 0.15) is 11.6 Å². The Morgan fingerprint density at radius 1 is 1.20 bits per heavy atom. The number of hydrogen-bond donors (Lipinski definition) is 1. The van der Waals surface area contributed by atoms with Crippen LogP contribution in [0.15, 0.2) is 30.3 Å². The van der Waals surface area contributed by atoms with Crippen molar-refractivity contribution in [1.29, 1.82) is 0 Å². The maximum absolute atomic E-state index is 5.94. The summed E-state index contributed by atoms with van der Waals surface area (Å²) in [6.07, 6.45) is 0. The molecule has 0 saturated carbocycles. The van der Waals surface area contributed by atoms with E-state index in [0.717, 1.165) is 29.4 Å². The summed E-state index contributed by atoms with van der Waals surface area (Å²) in [4.78, 5) is 8.91. The molecule has 0 radical (unpaired) electrons. The zero-order chi connectivity index (χ0) is 14.5. The highest BCUT2D eigenvalue weighted by Crippen LogP contribution is 2.25. The number of benzene rings is 1. The van der Waals surface area contributed by atoms with Crippen molar-refractivity contribution in [2.75, 3.05) is 7.05 Å². The molecule has 2 rings (SSSR count). The van der Waals surface area contributed by atoms with E-state index in [4.69, 9.17) is 4.74 Å². The van der Waals surface area contributed by atoms with Crippen molar-refractivity contribution in [3.05, 3.63) is 47.4 Å². The average Bonchev–Trinajstić information content (AvgIpc) is 2.40. The molecule has 0 atom stereocenters. The summed E-state index contributed by atoms with van der Waals surface area (Å²) in [6.45, 7) is 6.87. The molecule has 2 aromatic rings. The summed E-state index contributed by atoms with van der Waals surface area (Å²) >= 11 is 0. The highest BCUT2D eigenvalue weighted by Gasteiger charge is 2.09. The Morgan fingerprint density at radius 2 is 1.95 bits per heavy atom. The molecular weight excluding hydrogens is 250 g/mol. The predicted molar refractivity (Wildman–Crippen MR) is 80.1 cm³/mol. The van der Waals surface area contributed by atoms with Gasteiger partial charge in [-0.2, -0.15) is 4.98 Å². The fourth-order valence-electron chi connectivity index (χ4n) is 1.92. The highest BCUT2D eigenvalue weighted by atomic mass is 16.5. The van der Waals surface area contributed by atoms with Crippen LogP contribution in [0, 0.1) is 6.92 Å². The highest BCUT2D eigenvalue weighted by molar-refractivity contribution is 5.36. The van der Waals surface area contributed by atoms with Crippen LogP contribution in [0.25, 0.3) is 0 Å². The van der Waals surface area contributed by atoms with Crippen molar-refractivity contribution in [2.45, 2.75) is 33.2 Å². The third kappa shape index (κ3) is 3.54. The van der Waals surface area contributed by atoms with Crippen molar-refractivity contribution in [3.8, 4) is 11.6 Å². The maximum atomic E-state index is 5.94. The van der Waals surface area contributed by atoms with Gasteiger partial charge in [-0.3, -0.25) is 0 Å². The molecule has 0 fully saturated rings. The van der Waals surface area contributed by atoms with E-state index in [1.54, 1.807) is 0 Å². The lowest BCUT2D eigenvalue weighted by molar-refractivity contribution is 0.449. The van der Waals surface area contributed by atoms with Crippen LogP contribution in [0.3, 0.4) is 0 Å². The summed E-state index contributed by atoms with van der Waals surface area (Å²) in [5, 5.41) is 3.14. The van der Waals surface area contributed by atoms with Gasteiger partial charge in [-0.15, -0.1) is 0 Å². The average molecular weight is 271 g/mol. The SMILES string of the molecule is CNCc1ccccc1Oc1cc(C)nc(C(C)C)n1. The smallest absolute Gasteiger partial charge is 0.222 e. The van der Waals surface area contributed by atoms with Crippen LogP contribution in [0.4, 0.5) is 0 Å². The Morgan fingerprint density at radius 3 is 2.65 bits per heavy atom. The van der Waals surface area contributed by atoms with E-state index in [1.807, 2.05) is 44.3 Å². The quantitative estimate of drug-likeness (QED) is 0.905. The maximum Gasteiger partial charge on any atom is 0.222 e. The summed E-state index contributed by atoms with van der Waals surface area (Å²) in [7, 11) is 1.92. The first kappa shape index (κ1) is 14.5. The second kappa shape index (κ2) is 6.48. The number of aromatic nitrogens is 2. The van der Waals surface area contributed by atoms with E-state index in [1.165, 1.54) is 0 Å². The summed E-state index contributed by atoms with van der Waals surface area (Å²) in [5.41, 5.74) is 2.03. The van der Waals surface area contributed by atoms with E-state index in [9.17, 15) is 0 Å². The third-order valence-corrected chi connectivity index (χ3v) is 2.92. The van der Waals surface area contributed by atoms with Crippen molar-refractivity contribution >= 4 is 0 Å². The second-order valence-corrected chi connectivity index (χ2v) is 5.10. The van der Waals surface area contributed by atoms with Gasteiger partial charge in [-0.05, 0) is 20.0 Å². The largest absolute Gasteiger partial charge is 0.439 e.